The van der Waals surface area contributed by atoms with E-state index in [1.54, 1.807) is 0 Å². The van der Waals surface area contributed by atoms with Crippen LogP contribution in [0.2, 0.25) is 0 Å². The van der Waals surface area contributed by atoms with Gasteiger partial charge in [0.15, 0.2) is 0 Å². The predicted octanol–water partition coefficient (Wildman–Crippen LogP) is 4.34. The monoisotopic (exact) mass is 364 g/mol. The molecular formula is C19H25ClN2OS. The maximum Gasteiger partial charge on any atom is 0.264 e. The number of piperidine rings is 1. The van der Waals surface area contributed by atoms with Crippen LogP contribution >= 0.6 is 23.7 Å². The smallest absolute Gasteiger partial charge is 0.264 e. The van der Waals surface area contributed by atoms with Gasteiger partial charge in [-0.15, -0.1) is 23.7 Å². The normalized spacial score (nSPS) is 19.7. The van der Waals surface area contributed by atoms with E-state index in [9.17, 15) is 4.79 Å². The van der Waals surface area contributed by atoms with E-state index in [2.05, 4.69) is 45.0 Å². The Morgan fingerprint density at radius 3 is 2.54 bits per heavy atom. The number of carbonyl (C=O) groups excluding carboxylic acids is 1. The lowest BCUT2D eigenvalue weighted by Gasteiger charge is -2.42. The minimum absolute atomic E-state index is 0. The van der Waals surface area contributed by atoms with Gasteiger partial charge in [-0.05, 0) is 35.8 Å². The van der Waals surface area contributed by atoms with Gasteiger partial charge in [0.05, 0.1) is 4.88 Å². The molecule has 0 bridgehead atoms. The van der Waals surface area contributed by atoms with Crippen LogP contribution in [0.3, 0.4) is 0 Å². The molecule has 0 spiro atoms. The molecular weight excluding hydrogens is 340 g/mol. The molecule has 1 saturated heterocycles. The van der Waals surface area contributed by atoms with Crippen molar-refractivity contribution in [3.05, 3.63) is 46.2 Å². The van der Waals surface area contributed by atoms with E-state index in [0.29, 0.717) is 0 Å². The van der Waals surface area contributed by atoms with Gasteiger partial charge < -0.3 is 10.6 Å². The number of thiophene rings is 1. The molecule has 1 amide bonds. The summed E-state index contributed by atoms with van der Waals surface area (Å²) in [6.07, 6.45) is 0.865. The number of aryl methyl sites for hydroxylation is 1. The van der Waals surface area contributed by atoms with Crippen LogP contribution in [0.4, 0.5) is 0 Å². The SMILES string of the molecule is Cc1ccc(-c2ccsc2C(=O)N2CCC(N)C(C)(C)C2)cc1.Cl. The molecule has 5 heteroatoms. The van der Waals surface area contributed by atoms with E-state index in [1.807, 2.05) is 16.3 Å². The topological polar surface area (TPSA) is 46.3 Å². The zero-order chi connectivity index (χ0) is 16.6. The Kier molecular flexibility index (Phi) is 5.74. The van der Waals surface area contributed by atoms with Crippen molar-refractivity contribution < 1.29 is 4.79 Å². The highest BCUT2D eigenvalue weighted by Crippen LogP contribution is 2.33. The van der Waals surface area contributed by atoms with Crippen LogP contribution in [-0.2, 0) is 0 Å². The number of hydrogen-bond donors (Lipinski definition) is 1. The number of benzene rings is 1. The van der Waals surface area contributed by atoms with Gasteiger partial charge >= 0.3 is 0 Å². The summed E-state index contributed by atoms with van der Waals surface area (Å²) in [5.74, 6) is 0.135. The molecule has 1 unspecified atom stereocenters. The highest BCUT2D eigenvalue weighted by Gasteiger charge is 2.36. The number of carbonyl (C=O) groups is 1. The van der Waals surface area contributed by atoms with Gasteiger partial charge in [0.2, 0.25) is 0 Å². The van der Waals surface area contributed by atoms with Crippen molar-refractivity contribution in [2.45, 2.75) is 33.2 Å². The van der Waals surface area contributed by atoms with Gasteiger partial charge in [0.25, 0.3) is 5.91 Å². The Labute approximate surface area is 154 Å². The molecule has 130 valence electrons. The van der Waals surface area contributed by atoms with E-state index in [1.165, 1.54) is 16.9 Å². The average molecular weight is 365 g/mol. The average Bonchev–Trinajstić information content (AvgIpc) is 2.99. The molecule has 24 heavy (non-hydrogen) atoms. The number of nitrogens with zero attached hydrogens (tertiary/aromatic N) is 1. The fourth-order valence-corrected chi connectivity index (χ4v) is 4.01. The van der Waals surface area contributed by atoms with Crippen LogP contribution in [0.15, 0.2) is 35.7 Å². The van der Waals surface area contributed by atoms with E-state index < -0.39 is 0 Å². The molecule has 1 aliphatic heterocycles. The second-order valence-electron chi connectivity index (χ2n) is 7.14. The van der Waals surface area contributed by atoms with Gasteiger partial charge in [-0.25, -0.2) is 0 Å². The van der Waals surface area contributed by atoms with E-state index in [-0.39, 0.29) is 29.8 Å². The number of nitrogens with two attached hydrogens (primary N) is 1. The summed E-state index contributed by atoms with van der Waals surface area (Å²) < 4.78 is 0. The van der Waals surface area contributed by atoms with Crippen LogP contribution in [0, 0.1) is 12.3 Å². The fraction of sp³-hybridized carbons (Fsp3) is 0.421. The number of amides is 1. The highest BCUT2D eigenvalue weighted by atomic mass is 35.5. The third-order valence-corrected chi connectivity index (χ3v) is 5.72. The molecule has 0 aliphatic carbocycles. The molecule has 2 N–H and O–H groups in total. The third kappa shape index (κ3) is 3.66. The number of likely N-dealkylation sites (tertiary alicyclic amines) is 1. The number of rotatable bonds is 2. The van der Waals surface area contributed by atoms with Crippen molar-refractivity contribution in [3.8, 4) is 11.1 Å². The summed E-state index contributed by atoms with van der Waals surface area (Å²) in [5.41, 5.74) is 9.53. The standard InChI is InChI=1S/C19H24N2OS.ClH/c1-13-4-6-14(7-5-13)15-9-11-23-17(15)18(22)21-10-8-16(20)19(2,3)12-21;/h4-7,9,11,16H,8,10,12,20H2,1-3H3;1H. The first-order chi connectivity index (χ1) is 10.9. The fourth-order valence-electron chi connectivity index (χ4n) is 3.13. The first-order valence-electron chi connectivity index (χ1n) is 8.08. The van der Waals surface area contributed by atoms with E-state index >= 15 is 0 Å². The maximum absolute atomic E-state index is 13.0. The summed E-state index contributed by atoms with van der Waals surface area (Å²) in [6, 6.07) is 10.6. The number of halogens is 1. The largest absolute Gasteiger partial charge is 0.337 e. The molecule has 1 aliphatic rings. The Bertz CT molecular complexity index is 708. The van der Waals surface area contributed by atoms with Crippen molar-refractivity contribution in [3.63, 3.8) is 0 Å². The molecule has 1 atom stereocenters. The van der Waals surface area contributed by atoms with Gasteiger partial charge in [0.1, 0.15) is 0 Å². The Morgan fingerprint density at radius 1 is 1.25 bits per heavy atom. The van der Waals surface area contributed by atoms with Gasteiger partial charge in [-0.2, -0.15) is 0 Å². The van der Waals surface area contributed by atoms with Crippen molar-refractivity contribution in [2.24, 2.45) is 11.1 Å². The molecule has 0 radical (unpaired) electrons. The van der Waals surface area contributed by atoms with Crippen LogP contribution < -0.4 is 5.73 Å². The van der Waals surface area contributed by atoms with Crippen molar-refractivity contribution in [1.29, 1.82) is 0 Å². The molecule has 1 fully saturated rings. The second kappa shape index (κ2) is 7.26. The second-order valence-corrected chi connectivity index (χ2v) is 8.06. The first-order valence-corrected chi connectivity index (χ1v) is 8.96. The molecule has 0 saturated carbocycles. The first kappa shape index (κ1) is 19.0. The Hall–Kier alpha value is -1.36. The van der Waals surface area contributed by atoms with Crippen molar-refractivity contribution >= 4 is 29.7 Å². The third-order valence-electron chi connectivity index (χ3n) is 4.82. The zero-order valence-corrected chi connectivity index (χ0v) is 16.0. The van der Waals surface area contributed by atoms with E-state index in [4.69, 9.17) is 5.73 Å². The lowest BCUT2D eigenvalue weighted by Crippen LogP contribution is -2.53. The summed E-state index contributed by atoms with van der Waals surface area (Å²) in [4.78, 5) is 15.8. The van der Waals surface area contributed by atoms with Crippen LogP contribution in [0.5, 0.6) is 0 Å². The summed E-state index contributed by atoms with van der Waals surface area (Å²) in [6.45, 7) is 7.83. The lowest BCUT2D eigenvalue weighted by molar-refractivity contribution is 0.0538. The quantitative estimate of drug-likeness (QED) is 0.861. The van der Waals surface area contributed by atoms with Crippen LogP contribution in [0.1, 0.15) is 35.5 Å². The summed E-state index contributed by atoms with van der Waals surface area (Å²) in [7, 11) is 0. The van der Waals surface area contributed by atoms with Crippen LogP contribution in [0.25, 0.3) is 11.1 Å². The predicted molar refractivity (Wildman–Crippen MR) is 104 cm³/mol. The molecule has 1 aromatic heterocycles. The molecule has 1 aromatic carbocycles. The molecule has 3 rings (SSSR count). The zero-order valence-electron chi connectivity index (χ0n) is 14.4. The Morgan fingerprint density at radius 2 is 1.92 bits per heavy atom. The molecule has 2 aromatic rings. The summed E-state index contributed by atoms with van der Waals surface area (Å²) in [5, 5.41) is 2.00. The minimum Gasteiger partial charge on any atom is -0.337 e. The molecule has 3 nitrogen and oxygen atoms in total. The maximum atomic E-state index is 13.0. The summed E-state index contributed by atoms with van der Waals surface area (Å²) >= 11 is 1.53. The molecule has 2 heterocycles. The van der Waals surface area contributed by atoms with E-state index in [0.717, 1.165) is 35.5 Å². The van der Waals surface area contributed by atoms with Gasteiger partial charge in [0, 0.05) is 24.7 Å². The van der Waals surface area contributed by atoms with Gasteiger partial charge in [-0.3, -0.25) is 4.79 Å². The minimum atomic E-state index is -0.0325. The lowest BCUT2D eigenvalue weighted by atomic mass is 9.79. The van der Waals surface area contributed by atoms with Crippen molar-refractivity contribution in [2.75, 3.05) is 13.1 Å². The van der Waals surface area contributed by atoms with Crippen molar-refractivity contribution in [1.82, 2.24) is 4.90 Å². The number of hydrogen-bond acceptors (Lipinski definition) is 3. The van der Waals surface area contributed by atoms with Gasteiger partial charge in [-0.1, -0.05) is 43.7 Å². The Balaban J connectivity index is 0.00000208. The highest BCUT2D eigenvalue weighted by molar-refractivity contribution is 7.12. The van der Waals surface area contributed by atoms with Crippen LogP contribution in [-0.4, -0.2) is 29.9 Å².